The molecule has 6 heterocycles. The number of piperidine rings is 4. The van der Waals surface area contributed by atoms with Crippen molar-refractivity contribution in [1.82, 2.24) is 20.3 Å². The third-order valence-corrected chi connectivity index (χ3v) is 5.55. The van der Waals surface area contributed by atoms with E-state index >= 15 is 0 Å². The number of hydrogen-bond donors (Lipinski definition) is 1. The Kier molecular flexibility index (Phi) is 3.19. The molecule has 0 aliphatic carbocycles. The van der Waals surface area contributed by atoms with Gasteiger partial charge in [-0.25, -0.2) is 9.97 Å². The van der Waals surface area contributed by atoms with Gasteiger partial charge < -0.3 is 15.0 Å². The van der Waals surface area contributed by atoms with Crippen LogP contribution < -0.4 is 15.0 Å². The number of nitrogens with one attached hydrogen (secondary N) is 1. The first-order chi connectivity index (χ1) is 11.8. The second-order valence-corrected chi connectivity index (χ2v) is 7.12. The molecule has 6 nitrogen and oxygen atoms in total. The van der Waals surface area contributed by atoms with Gasteiger partial charge in [-0.05, 0) is 44.7 Å². The Hall–Kier alpha value is -2.21. The number of aryl methyl sites for hydroxylation is 1. The van der Waals surface area contributed by atoms with Crippen molar-refractivity contribution in [3.63, 3.8) is 0 Å². The summed E-state index contributed by atoms with van der Waals surface area (Å²) in [5.41, 5.74) is 0.860. The zero-order valence-corrected chi connectivity index (χ0v) is 13.7. The molecule has 6 heteroatoms. The van der Waals surface area contributed by atoms with Gasteiger partial charge in [-0.2, -0.15) is 0 Å². The van der Waals surface area contributed by atoms with Crippen molar-refractivity contribution in [2.24, 2.45) is 0 Å². The lowest BCUT2D eigenvalue weighted by Crippen LogP contribution is -2.67. The quantitative estimate of drug-likeness (QED) is 0.936. The highest BCUT2D eigenvalue weighted by atomic mass is 16.5. The van der Waals surface area contributed by atoms with E-state index < -0.39 is 0 Å². The molecular weight excluding hydrogens is 302 g/mol. The monoisotopic (exact) mass is 323 g/mol. The van der Waals surface area contributed by atoms with Crippen LogP contribution >= 0.6 is 0 Å². The molecular formula is C18H21N5O. The van der Waals surface area contributed by atoms with Crippen LogP contribution in [-0.2, 0) is 0 Å². The topological polar surface area (TPSA) is 63.2 Å². The molecule has 0 unspecified atom stereocenters. The summed E-state index contributed by atoms with van der Waals surface area (Å²) in [4.78, 5) is 15.6. The van der Waals surface area contributed by atoms with E-state index in [1.807, 2.05) is 25.1 Å². The summed E-state index contributed by atoms with van der Waals surface area (Å²) in [5, 5.41) is 3.74. The van der Waals surface area contributed by atoms with E-state index in [2.05, 4.69) is 25.2 Å². The molecule has 6 rings (SSSR count). The minimum Gasteiger partial charge on any atom is -0.437 e. The van der Waals surface area contributed by atoms with Crippen LogP contribution in [0.1, 0.15) is 31.4 Å². The standard InChI is InChI=1S/C18H21N5O/c1-11-16(3-2-4-19-11)24-18-9-17(20-10-21-18)23-14-5-12-6-15(23)8-13(7-14)22-12/h2-4,9-10,12-15,22H,5-8H2,1H3. The van der Waals surface area contributed by atoms with Crippen molar-refractivity contribution in [3.8, 4) is 11.6 Å². The van der Waals surface area contributed by atoms with Crippen molar-refractivity contribution >= 4 is 5.82 Å². The minimum absolute atomic E-state index is 0.586. The van der Waals surface area contributed by atoms with Crippen molar-refractivity contribution < 1.29 is 4.74 Å². The summed E-state index contributed by atoms with van der Waals surface area (Å²) in [6, 6.07) is 8.34. The molecule has 4 saturated heterocycles. The Labute approximate surface area is 141 Å². The van der Waals surface area contributed by atoms with Gasteiger partial charge in [-0.15, -0.1) is 0 Å². The molecule has 124 valence electrons. The van der Waals surface area contributed by atoms with E-state index in [0.29, 0.717) is 30.0 Å². The highest BCUT2D eigenvalue weighted by Crippen LogP contribution is 2.41. The van der Waals surface area contributed by atoms with Crippen LogP contribution in [0.3, 0.4) is 0 Å². The van der Waals surface area contributed by atoms with Crippen LogP contribution in [0.25, 0.3) is 0 Å². The number of aromatic nitrogens is 3. The van der Waals surface area contributed by atoms with Crippen LogP contribution in [-0.4, -0.2) is 39.1 Å². The van der Waals surface area contributed by atoms with Gasteiger partial charge >= 0.3 is 0 Å². The molecule has 0 amide bonds. The van der Waals surface area contributed by atoms with E-state index in [1.54, 1.807) is 12.5 Å². The molecule has 4 fully saturated rings. The van der Waals surface area contributed by atoms with Crippen LogP contribution in [0, 0.1) is 6.92 Å². The van der Waals surface area contributed by atoms with Crippen LogP contribution in [0.5, 0.6) is 11.6 Å². The largest absolute Gasteiger partial charge is 0.437 e. The average molecular weight is 323 g/mol. The summed E-state index contributed by atoms with van der Waals surface area (Å²) < 4.78 is 5.94. The van der Waals surface area contributed by atoms with Crippen molar-refractivity contribution in [3.05, 3.63) is 36.4 Å². The fourth-order valence-corrected chi connectivity index (χ4v) is 4.65. The van der Waals surface area contributed by atoms with E-state index in [-0.39, 0.29) is 0 Å². The first-order valence-electron chi connectivity index (χ1n) is 8.72. The molecule has 0 spiro atoms. The normalized spacial score (nSPS) is 30.6. The van der Waals surface area contributed by atoms with Crippen molar-refractivity contribution in [2.45, 2.75) is 56.8 Å². The lowest BCUT2D eigenvalue weighted by molar-refractivity contribution is 0.134. The molecule has 2 aromatic heterocycles. The fourth-order valence-electron chi connectivity index (χ4n) is 4.65. The van der Waals surface area contributed by atoms with Gasteiger partial charge in [0.05, 0.1) is 5.69 Å². The van der Waals surface area contributed by atoms with Gasteiger partial charge in [0, 0.05) is 36.4 Å². The molecule has 2 aromatic rings. The van der Waals surface area contributed by atoms with Gasteiger partial charge in [0.25, 0.3) is 0 Å². The Morgan fingerprint density at radius 3 is 2.54 bits per heavy atom. The Bertz CT molecular complexity index is 737. The number of pyridine rings is 1. The maximum absolute atomic E-state index is 5.94. The van der Waals surface area contributed by atoms with E-state index in [1.165, 1.54) is 25.7 Å². The van der Waals surface area contributed by atoms with E-state index in [0.717, 1.165) is 17.3 Å². The SMILES string of the molecule is Cc1ncccc1Oc1cc(N2C3CC4CC2CC(C3)N4)ncn1. The second-order valence-electron chi connectivity index (χ2n) is 7.12. The molecule has 0 atom stereocenters. The van der Waals surface area contributed by atoms with Crippen molar-refractivity contribution in [1.29, 1.82) is 0 Å². The zero-order valence-electron chi connectivity index (χ0n) is 13.7. The highest BCUT2D eigenvalue weighted by Gasteiger charge is 2.47. The number of rotatable bonds is 3. The van der Waals surface area contributed by atoms with Crippen LogP contribution in [0.15, 0.2) is 30.7 Å². The Balaban J connectivity index is 1.42. The summed E-state index contributed by atoms with van der Waals surface area (Å²) >= 11 is 0. The average Bonchev–Trinajstić information content (AvgIpc) is 2.56. The van der Waals surface area contributed by atoms with Gasteiger partial charge in [0.2, 0.25) is 5.88 Å². The van der Waals surface area contributed by atoms with Crippen LogP contribution in [0.4, 0.5) is 5.82 Å². The number of hydrogen-bond acceptors (Lipinski definition) is 6. The van der Waals surface area contributed by atoms with E-state index in [4.69, 9.17) is 4.74 Å². The lowest BCUT2D eigenvalue weighted by Gasteiger charge is -2.57. The first kappa shape index (κ1) is 14.2. The third-order valence-electron chi connectivity index (χ3n) is 5.55. The molecule has 4 bridgehead atoms. The number of anilines is 1. The molecule has 4 aliphatic rings. The van der Waals surface area contributed by atoms with Crippen molar-refractivity contribution in [2.75, 3.05) is 4.90 Å². The molecule has 0 radical (unpaired) electrons. The maximum atomic E-state index is 5.94. The van der Waals surface area contributed by atoms with E-state index in [9.17, 15) is 0 Å². The lowest BCUT2D eigenvalue weighted by atomic mass is 9.74. The minimum atomic E-state index is 0.586. The molecule has 0 saturated carbocycles. The predicted molar refractivity (Wildman–Crippen MR) is 90.3 cm³/mol. The summed E-state index contributed by atoms with van der Waals surface area (Å²) in [5.74, 6) is 2.32. The molecule has 0 aromatic carbocycles. The fraction of sp³-hybridized carbons (Fsp3) is 0.500. The van der Waals surface area contributed by atoms with Gasteiger partial charge in [-0.1, -0.05) is 0 Å². The number of nitrogens with zero attached hydrogens (tertiary/aromatic N) is 4. The molecule has 24 heavy (non-hydrogen) atoms. The second kappa shape index (κ2) is 5.41. The first-order valence-corrected chi connectivity index (χ1v) is 8.72. The van der Waals surface area contributed by atoms with Gasteiger partial charge in [0.15, 0.2) is 5.75 Å². The maximum Gasteiger partial charge on any atom is 0.224 e. The Morgan fingerprint density at radius 2 is 1.83 bits per heavy atom. The highest BCUT2D eigenvalue weighted by molar-refractivity contribution is 5.47. The summed E-state index contributed by atoms with van der Waals surface area (Å²) in [7, 11) is 0. The third kappa shape index (κ3) is 2.33. The summed E-state index contributed by atoms with van der Waals surface area (Å²) in [6.07, 6.45) is 8.25. The van der Waals surface area contributed by atoms with Gasteiger partial charge in [-0.3, -0.25) is 4.98 Å². The zero-order chi connectivity index (χ0) is 16.1. The summed E-state index contributed by atoms with van der Waals surface area (Å²) in [6.45, 7) is 1.94. The smallest absolute Gasteiger partial charge is 0.224 e. The number of ether oxygens (including phenoxy) is 1. The molecule has 1 N–H and O–H groups in total. The Morgan fingerprint density at radius 1 is 1.08 bits per heavy atom. The predicted octanol–water partition coefficient (Wildman–Crippen LogP) is 2.44. The van der Waals surface area contributed by atoms with Crippen LogP contribution in [0.2, 0.25) is 0 Å². The van der Waals surface area contributed by atoms with Gasteiger partial charge in [0.1, 0.15) is 12.1 Å². The molecule has 4 aliphatic heterocycles.